The molecule has 11 nitrogen and oxygen atoms in total. The SMILES string of the molecule is CC#CCN1c2c(n(C)c(=O)n(C(=O)NCc3cccnc3F)c2=O)NC1N1CCCC(N)C1. The average molecular weight is 471 g/mol. The molecule has 1 fully saturated rings. The van der Waals surface area contributed by atoms with Crippen LogP contribution in [0.4, 0.5) is 20.7 Å². The fourth-order valence-corrected chi connectivity index (χ4v) is 4.31. The van der Waals surface area contributed by atoms with Gasteiger partial charge in [0.15, 0.2) is 6.29 Å². The van der Waals surface area contributed by atoms with Gasteiger partial charge >= 0.3 is 11.7 Å². The molecule has 2 unspecified atom stereocenters. The van der Waals surface area contributed by atoms with Crippen LogP contribution in [0.1, 0.15) is 25.3 Å². The molecular formula is C22H27FN8O3. The second-order valence-corrected chi connectivity index (χ2v) is 8.26. The van der Waals surface area contributed by atoms with Gasteiger partial charge in [-0.15, -0.1) is 5.92 Å². The fourth-order valence-electron chi connectivity index (χ4n) is 4.31. The van der Waals surface area contributed by atoms with Crippen molar-refractivity contribution in [2.24, 2.45) is 12.8 Å². The smallest absolute Gasteiger partial charge is 0.337 e. The Balaban J connectivity index is 1.70. The number of halogens is 1. The number of rotatable bonds is 4. The maximum absolute atomic E-state index is 13.8. The number of hydrogen-bond donors (Lipinski definition) is 3. The molecule has 0 saturated carbocycles. The highest BCUT2D eigenvalue weighted by atomic mass is 19.1. The fraction of sp³-hybridized carbons (Fsp3) is 0.455. The van der Waals surface area contributed by atoms with Gasteiger partial charge < -0.3 is 21.3 Å². The van der Waals surface area contributed by atoms with E-state index < -0.39 is 29.5 Å². The molecule has 1 saturated heterocycles. The number of nitrogens with two attached hydrogens (primary N) is 1. The maximum Gasteiger partial charge on any atom is 0.340 e. The van der Waals surface area contributed by atoms with Gasteiger partial charge in [-0.25, -0.2) is 14.6 Å². The molecule has 4 heterocycles. The van der Waals surface area contributed by atoms with Gasteiger partial charge in [0.05, 0.1) is 6.54 Å². The molecule has 0 radical (unpaired) electrons. The first-order chi connectivity index (χ1) is 16.3. The van der Waals surface area contributed by atoms with E-state index in [0.29, 0.717) is 16.9 Å². The lowest BCUT2D eigenvalue weighted by atomic mass is 10.1. The number of carbonyl (C=O) groups excluding carboxylic acids is 1. The minimum absolute atomic E-state index is 0.00232. The van der Waals surface area contributed by atoms with Crippen LogP contribution < -0.4 is 32.5 Å². The summed E-state index contributed by atoms with van der Waals surface area (Å²) >= 11 is 0. The molecule has 2 aliphatic rings. The van der Waals surface area contributed by atoms with Crippen LogP contribution in [0, 0.1) is 17.8 Å². The van der Waals surface area contributed by atoms with Gasteiger partial charge in [-0.2, -0.15) is 8.96 Å². The van der Waals surface area contributed by atoms with Gasteiger partial charge in [-0.3, -0.25) is 14.3 Å². The molecule has 180 valence electrons. The minimum Gasteiger partial charge on any atom is -0.337 e. The van der Waals surface area contributed by atoms with Crippen molar-refractivity contribution in [2.75, 3.05) is 29.9 Å². The number of nitrogens with one attached hydrogen (secondary N) is 2. The second kappa shape index (κ2) is 9.66. The molecule has 0 aromatic carbocycles. The van der Waals surface area contributed by atoms with Crippen LogP contribution in [0.3, 0.4) is 0 Å². The highest BCUT2D eigenvalue weighted by Crippen LogP contribution is 2.32. The quantitative estimate of drug-likeness (QED) is 0.414. The first kappa shape index (κ1) is 23.5. The molecule has 2 aliphatic heterocycles. The monoisotopic (exact) mass is 470 g/mol. The van der Waals surface area contributed by atoms with Crippen molar-refractivity contribution < 1.29 is 9.18 Å². The van der Waals surface area contributed by atoms with E-state index in [0.717, 1.165) is 19.4 Å². The Labute approximate surface area is 195 Å². The van der Waals surface area contributed by atoms with Crippen LogP contribution in [-0.4, -0.2) is 57.0 Å². The highest BCUT2D eigenvalue weighted by molar-refractivity contribution is 5.80. The Bertz CT molecular complexity index is 1280. The van der Waals surface area contributed by atoms with E-state index in [1.54, 1.807) is 11.8 Å². The van der Waals surface area contributed by atoms with E-state index in [-0.39, 0.29) is 30.4 Å². The zero-order valence-electron chi connectivity index (χ0n) is 19.0. The van der Waals surface area contributed by atoms with Crippen molar-refractivity contribution in [3.63, 3.8) is 0 Å². The topological polar surface area (TPSA) is 131 Å². The van der Waals surface area contributed by atoms with E-state index in [9.17, 15) is 18.8 Å². The van der Waals surface area contributed by atoms with Crippen LogP contribution in [0.2, 0.25) is 0 Å². The molecule has 0 spiro atoms. The third kappa shape index (κ3) is 4.27. The number of carbonyl (C=O) groups is 1. The normalized spacial score (nSPS) is 19.7. The first-order valence-electron chi connectivity index (χ1n) is 11.0. The predicted octanol–water partition coefficient (Wildman–Crippen LogP) is -0.199. The van der Waals surface area contributed by atoms with E-state index >= 15 is 0 Å². The standard InChI is InChI=1S/C22H27FN8O3/c1-3-4-11-30-16-18(27-20(30)29-10-6-8-15(24)13-29)28(2)22(34)31(19(16)32)21(33)26-12-14-7-5-9-25-17(14)23/h5,7,9,15,20,27H,6,8,10-13,24H2,1-2H3,(H,26,33). The lowest BCUT2D eigenvalue weighted by Gasteiger charge is -2.39. The Morgan fingerprint density at radius 3 is 2.91 bits per heavy atom. The summed E-state index contributed by atoms with van der Waals surface area (Å²) < 4.78 is 15.6. The maximum atomic E-state index is 13.8. The summed E-state index contributed by atoms with van der Waals surface area (Å²) in [6.45, 7) is 3.04. The minimum atomic E-state index is -0.957. The summed E-state index contributed by atoms with van der Waals surface area (Å²) in [5.41, 5.74) is 4.85. The van der Waals surface area contributed by atoms with Gasteiger partial charge in [0.1, 0.15) is 11.5 Å². The Morgan fingerprint density at radius 1 is 1.41 bits per heavy atom. The summed E-state index contributed by atoms with van der Waals surface area (Å²) in [7, 11) is 1.48. The van der Waals surface area contributed by atoms with Crippen molar-refractivity contribution in [2.45, 2.75) is 38.6 Å². The molecule has 1 amide bonds. The third-order valence-corrected chi connectivity index (χ3v) is 6.02. The number of likely N-dealkylation sites (tertiary alicyclic amines) is 1. The van der Waals surface area contributed by atoms with Crippen LogP contribution in [0.25, 0.3) is 0 Å². The second-order valence-electron chi connectivity index (χ2n) is 8.26. The molecule has 0 bridgehead atoms. The number of amides is 1. The first-order valence-corrected chi connectivity index (χ1v) is 11.0. The largest absolute Gasteiger partial charge is 0.340 e. The summed E-state index contributed by atoms with van der Waals surface area (Å²) in [6.07, 6.45) is 2.66. The average Bonchev–Trinajstić information content (AvgIpc) is 3.21. The lowest BCUT2D eigenvalue weighted by molar-refractivity contribution is 0.165. The number of piperidine rings is 1. The van der Waals surface area contributed by atoms with Gasteiger partial charge in [0.25, 0.3) is 5.56 Å². The van der Waals surface area contributed by atoms with Gasteiger partial charge in [0.2, 0.25) is 5.95 Å². The zero-order chi connectivity index (χ0) is 24.4. The van der Waals surface area contributed by atoms with E-state index in [1.807, 2.05) is 0 Å². The molecule has 2 aromatic rings. The van der Waals surface area contributed by atoms with Gasteiger partial charge in [-0.1, -0.05) is 12.0 Å². The molecular weight excluding hydrogens is 443 g/mol. The predicted molar refractivity (Wildman–Crippen MR) is 125 cm³/mol. The Kier molecular flexibility index (Phi) is 6.67. The lowest BCUT2D eigenvalue weighted by Crippen LogP contribution is -2.56. The van der Waals surface area contributed by atoms with Crippen LogP contribution in [0.15, 0.2) is 27.9 Å². The van der Waals surface area contributed by atoms with Crippen molar-refractivity contribution in [1.82, 2.24) is 24.3 Å². The molecule has 34 heavy (non-hydrogen) atoms. The number of nitrogens with zero attached hydrogens (tertiary/aromatic N) is 5. The molecule has 0 aliphatic carbocycles. The van der Waals surface area contributed by atoms with Crippen molar-refractivity contribution in [1.29, 1.82) is 0 Å². The number of fused-ring (bicyclic) bond motifs is 1. The molecule has 12 heteroatoms. The number of hydrogen-bond acceptors (Lipinski definition) is 8. The molecule has 2 aromatic heterocycles. The number of anilines is 2. The summed E-state index contributed by atoms with van der Waals surface area (Å²) in [6, 6.07) is 2.02. The molecule has 4 rings (SSSR count). The van der Waals surface area contributed by atoms with Crippen LogP contribution in [0.5, 0.6) is 0 Å². The zero-order valence-corrected chi connectivity index (χ0v) is 19.0. The highest BCUT2D eigenvalue weighted by Gasteiger charge is 2.39. The Morgan fingerprint density at radius 2 is 2.21 bits per heavy atom. The van der Waals surface area contributed by atoms with Crippen LogP contribution >= 0.6 is 0 Å². The van der Waals surface area contributed by atoms with E-state index in [1.165, 1.54) is 29.9 Å². The van der Waals surface area contributed by atoms with Gasteiger partial charge in [-0.05, 0) is 25.8 Å². The van der Waals surface area contributed by atoms with Crippen molar-refractivity contribution >= 4 is 17.5 Å². The van der Waals surface area contributed by atoms with Crippen molar-refractivity contribution in [3.8, 4) is 11.8 Å². The molecule has 2 atom stereocenters. The van der Waals surface area contributed by atoms with E-state index in [2.05, 4.69) is 32.4 Å². The van der Waals surface area contributed by atoms with Crippen molar-refractivity contribution in [3.05, 3.63) is 50.7 Å². The van der Waals surface area contributed by atoms with E-state index in [4.69, 9.17) is 5.73 Å². The summed E-state index contributed by atoms with van der Waals surface area (Å²) in [4.78, 5) is 46.7. The third-order valence-electron chi connectivity index (χ3n) is 6.02. The van der Waals surface area contributed by atoms with Crippen LogP contribution in [-0.2, 0) is 13.6 Å². The van der Waals surface area contributed by atoms with Gasteiger partial charge in [0, 0.05) is 44.5 Å². The summed E-state index contributed by atoms with van der Waals surface area (Å²) in [5, 5.41) is 5.69. The molecule has 4 N–H and O–H groups in total. The Hall–Kier alpha value is -3.69. The number of pyridine rings is 1. The number of aromatic nitrogens is 3. The summed E-state index contributed by atoms with van der Waals surface area (Å²) in [5.74, 6) is 5.35.